The van der Waals surface area contributed by atoms with Gasteiger partial charge in [0, 0.05) is 11.9 Å². The monoisotopic (exact) mass is 245 g/mol. The molecular formula is C14H20BNO2. The van der Waals surface area contributed by atoms with Gasteiger partial charge in [0.2, 0.25) is 0 Å². The normalized spacial score (nSPS) is 21.7. The number of pyridine rings is 1. The van der Waals surface area contributed by atoms with Gasteiger partial charge in [0.25, 0.3) is 0 Å². The summed E-state index contributed by atoms with van der Waals surface area (Å²) in [4.78, 5) is 4.17. The lowest BCUT2D eigenvalue weighted by atomic mass is 9.89. The molecule has 1 aliphatic rings. The molecule has 96 valence electrons. The van der Waals surface area contributed by atoms with Crippen molar-refractivity contribution in [3.63, 3.8) is 0 Å². The second-order valence-electron chi connectivity index (χ2n) is 5.71. The fourth-order valence-electron chi connectivity index (χ4n) is 1.83. The van der Waals surface area contributed by atoms with Crippen molar-refractivity contribution in [1.82, 2.24) is 4.98 Å². The molecule has 0 unspecified atom stereocenters. The Morgan fingerprint density at radius 1 is 1.17 bits per heavy atom. The van der Waals surface area contributed by atoms with Crippen LogP contribution in [0.4, 0.5) is 0 Å². The van der Waals surface area contributed by atoms with Gasteiger partial charge in [-0.2, -0.15) is 0 Å². The Balaban J connectivity index is 2.08. The summed E-state index contributed by atoms with van der Waals surface area (Å²) in [5.74, 6) is 1.95. The maximum Gasteiger partial charge on any atom is 0.487 e. The van der Waals surface area contributed by atoms with Crippen LogP contribution in [0.2, 0.25) is 0 Å². The van der Waals surface area contributed by atoms with E-state index < -0.39 is 0 Å². The van der Waals surface area contributed by atoms with Gasteiger partial charge in [0.05, 0.1) is 11.2 Å². The predicted molar refractivity (Wildman–Crippen MR) is 74.1 cm³/mol. The van der Waals surface area contributed by atoms with E-state index >= 15 is 0 Å². The van der Waals surface area contributed by atoms with E-state index in [1.54, 1.807) is 6.20 Å². The van der Waals surface area contributed by atoms with Crippen molar-refractivity contribution in [2.24, 2.45) is 0 Å². The lowest BCUT2D eigenvalue weighted by Crippen LogP contribution is -2.41. The SMILES string of the molecule is Cc1cc(/C=C/B2OC(C)(C)C(C)(C)O2)ccn1. The maximum absolute atomic E-state index is 5.89. The van der Waals surface area contributed by atoms with Crippen LogP contribution in [-0.4, -0.2) is 23.3 Å². The van der Waals surface area contributed by atoms with Crippen LogP contribution >= 0.6 is 0 Å². The number of hydrogen-bond donors (Lipinski definition) is 0. The summed E-state index contributed by atoms with van der Waals surface area (Å²) in [6.45, 7) is 10.2. The zero-order valence-electron chi connectivity index (χ0n) is 11.7. The van der Waals surface area contributed by atoms with Crippen LogP contribution in [0.3, 0.4) is 0 Å². The number of aryl methyl sites for hydroxylation is 1. The van der Waals surface area contributed by atoms with E-state index in [1.807, 2.05) is 31.1 Å². The van der Waals surface area contributed by atoms with Gasteiger partial charge in [-0.25, -0.2) is 0 Å². The first-order valence-corrected chi connectivity index (χ1v) is 6.27. The Morgan fingerprint density at radius 3 is 2.33 bits per heavy atom. The molecule has 1 saturated heterocycles. The van der Waals surface area contributed by atoms with Crippen LogP contribution in [0.25, 0.3) is 6.08 Å². The minimum atomic E-state index is -0.288. The highest BCUT2D eigenvalue weighted by atomic mass is 16.7. The van der Waals surface area contributed by atoms with Crippen molar-refractivity contribution in [2.75, 3.05) is 0 Å². The summed E-state index contributed by atoms with van der Waals surface area (Å²) >= 11 is 0. The fourth-order valence-corrected chi connectivity index (χ4v) is 1.83. The second-order valence-corrected chi connectivity index (χ2v) is 5.71. The van der Waals surface area contributed by atoms with Gasteiger partial charge in [0.15, 0.2) is 0 Å². The Morgan fingerprint density at radius 2 is 1.78 bits per heavy atom. The second kappa shape index (κ2) is 4.52. The van der Waals surface area contributed by atoms with Gasteiger partial charge in [-0.15, -0.1) is 0 Å². The molecule has 0 aliphatic carbocycles. The highest BCUT2D eigenvalue weighted by molar-refractivity contribution is 6.52. The zero-order chi connectivity index (χ0) is 13.4. The molecule has 1 aromatic heterocycles. The molecule has 3 nitrogen and oxygen atoms in total. The first-order valence-electron chi connectivity index (χ1n) is 6.27. The molecule has 0 saturated carbocycles. The lowest BCUT2D eigenvalue weighted by Gasteiger charge is -2.32. The van der Waals surface area contributed by atoms with Crippen molar-refractivity contribution >= 4 is 13.2 Å². The van der Waals surface area contributed by atoms with Crippen molar-refractivity contribution < 1.29 is 9.31 Å². The maximum atomic E-state index is 5.89. The summed E-state index contributed by atoms with van der Waals surface area (Å²) in [5, 5.41) is 0. The molecule has 0 spiro atoms. The molecule has 0 radical (unpaired) electrons. The molecule has 1 fully saturated rings. The van der Waals surface area contributed by atoms with Crippen LogP contribution in [0, 0.1) is 6.92 Å². The molecule has 0 aromatic carbocycles. The largest absolute Gasteiger partial charge is 0.487 e. The number of rotatable bonds is 2. The summed E-state index contributed by atoms with van der Waals surface area (Å²) in [6, 6.07) is 4.00. The van der Waals surface area contributed by atoms with Crippen LogP contribution in [0.1, 0.15) is 39.0 Å². The van der Waals surface area contributed by atoms with E-state index in [4.69, 9.17) is 9.31 Å². The quantitative estimate of drug-likeness (QED) is 0.750. The van der Waals surface area contributed by atoms with Gasteiger partial charge < -0.3 is 9.31 Å². The number of aromatic nitrogens is 1. The van der Waals surface area contributed by atoms with E-state index in [2.05, 4.69) is 32.7 Å². The van der Waals surface area contributed by atoms with E-state index in [9.17, 15) is 0 Å². The summed E-state index contributed by atoms with van der Waals surface area (Å²) in [7, 11) is -0.288. The molecule has 0 bridgehead atoms. The minimum absolute atomic E-state index is 0.282. The minimum Gasteiger partial charge on any atom is -0.400 e. The molecule has 0 amide bonds. The van der Waals surface area contributed by atoms with Crippen molar-refractivity contribution in [3.05, 3.63) is 35.6 Å². The molecule has 1 aliphatic heterocycles. The lowest BCUT2D eigenvalue weighted by molar-refractivity contribution is 0.00578. The van der Waals surface area contributed by atoms with Gasteiger partial charge in [-0.3, -0.25) is 4.98 Å². The zero-order valence-corrected chi connectivity index (χ0v) is 11.7. The predicted octanol–water partition coefficient (Wildman–Crippen LogP) is 3.03. The van der Waals surface area contributed by atoms with Gasteiger partial charge in [-0.1, -0.05) is 12.1 Å². The Hall–Kier alpha value is -1.13. The van der Waals surface area contributed by atoms with Crippen molar-refractivity contribution in [1.29, 1.82) is 0 Å². The molecule has 0 N–H and O–H groups in total. The van der Waals surface area contributed by atoms with Gasteiger partial charge >= 0.3 is 7.12 Å². The number of hydrogen-bond acceptors (Lipinski definition) is 3. The Bertz CT molecular complexity index is 453. The third-order valence-corrected chi connectivity index (χ3v) is 3.64. The third kappa shape index (κ3) is 2.65. The highest BCUT2D eigenvalue weighted by Gasteiger charge is 2.49. The molecular weight excluding hydrogens is 225 g/mol. The van der Waals surface area contributed by atoms with E-state index in [1.165, 1.54) is 0 Å². The van der Waals surface area contributed by atoms with Crippen LogP contribution in [0.15, 0.2) is 24.3 Å². The topological polar surface area (TPSA) is 31.4 Å². The van der Waals surface area contributed by atoms with E-state index in [0.29, 0.717) is 0 Å². The standard InChI is InChI=1S/C14H20BNO2/c1-11-10-12(7-9-16-11)6-8-15-17-13(2,3)14(4,5)18-15/h6-10H,1-5H3/b8-6+. The molecule has 1 aromatic rings. The van der Waals surface area contributed by atoms with Crippen LogP contribution < -0.4 is 0 Å². The molecule has 2 heterocycles. The third-order valence-electron chi connectivity index (χ3n) is 3.64. The van der Waals surface area contributed by atoms with Gasteiger partial charge in [-0.05, 0) is 52.3 Å². The molecule has 18 heavy (non-hydrogen) atoms. The summed E-state index contributed by atoms with van der Waals surface area (Å²) < 4.78 is 11.8. The van der Waals surface area contributed by atoms with Gasteiger partial charge in [0.1, 0.15) is 0 Å². The summed E-state index contributed by atoms with van der Waals surface area (Å²) in [5.41, 5.74) is 1.55. The van der Waals surface area contributed by atoms with Crippen LogP contribution in [0.5, 0.6) is 0 Å². The first-order chi connectivity index (χ1) is 8.30. The number of nitrogens with zero attached hydrogens (tertiary/aromatic N) is 1. The van der Waals surface area contributed by atoms with Crippen molar-refractivity contribution in [2.45, 2.75) is 45.8 Å². The molecule has 0 atom stereocenters. The Kier molecular flexibility index (Phi) is 3.34. The van der Waals surface area contributed by atoms with Crippen molar-refractivity contribution in [3.8, 4) is 0 Å². The summed E-state index contributed by atoms with van der Waals surface area (Å²) in [6.07, 6.45) is 3.82. The Labute approximate surface area is 109 Å². The highest BCUT2D eigenvalue weighted by Crippen LogP contribution is 2.36. The average molecular weight is 245 g/mol. The van der Waals surface area contributed by atoms with Crippen LogP contribution in [-0.2, 0) is 9.31 Å². The molecule has 4 heteroatoms. The average Bonchev–Trinajstić information content (AvgIpc) is 2.45. The molecule has 2 rings (SSSR count). The van der Waals surface area contributed by atoms with E-state index in [0.717, 1.165) is 11.3 Å². The fraction of sp³-hybridized carbons (Fsp3) is 0.500. The smallest absolute Gasteiger partial charge is 0.400 e. The van der Waals surface area contributed by atoms with E-state index in [-0.39, 0.29) is 18.3 Å². The first kappa shape index (κ1) is 13.3.